The van der Waals surface area contributed by atoms with Crippen molar-refractivity contribution in [2.75, 3.05) is 0 Å². The van der Waals surface area contributed by atoms with E-state index in [2.05, 4.69) is 9.71 Å². The number of rotatable bonds is 5. The first kappa shape index (κ1) is 16.5. The van der Waals surface area contributed by atoms with Crippen LogP contribution in [0.4, 0.5) is 10.1 Å². The van der Waals surface area contributed by atoms with Crippen molar-refractivity contribution < 1.29 is 17.7 Å². The second kappa shape index (κ2) is 6.07. The van der Waals surface area contributed by atoms with Crippen LogP contribution < -0.4 is 4.72 Å². The second-order valence-corrected chi connectivity index (χ2v) is 7.56. The Labute approximate surface area is 130 Å². The molecule has 0 radical (unpaired) electrons. The lowest BCUT2D eigenvalue weighted by atomic mass is 10.2. The maximum atomic E-state index is 13.7. The number of aryl methyl sites for hydroxylation is 1. The molecule has 1 aromatic heterocycles. The van der Waals surface area contributed by atoms with E-state index in [9.17, 15) is 22.9 Å². The number of hydrogen-bond acceptors (Lipinski definition) is 6. The molecule has 1 N–H and O–H groups in total. The smallest absolute Gasteiger partial charge is 0.258 e. The summed E-state index contributed by atoms with van der Waals surface area (Å²) >= 11 is 1.32. The van der Waals surface area contributed by atoms with Crippen LogP contribution in [-0.2, 0) is 16.6 Å². The molecule has 0 bridgehead atoms. The fourth-order valence-corrected chi connectivity index (χ4v) is 3.59. The van der Waals surface area contributed by atoms with Crippen molar-refractivity contribution in [1.82, 2.24) is 9.71 Å². The van der Waals surface area contributed by atoms with E-state index in [0.717, 1.165) is 17.1 Å². The van der Waals surface area contributed by atoms with Gasteiger partial charge >= 0.3 is 0 Å². The van der Waals surface area contributed by atoms with Gasteiger partial charge in [-0.3, -0.25) is 10.1 Å². The topological polar surface area (TPSA) is 102 Å². The van der Waals surface area contributed by atoms with Crippen LogP contribution >= 0.6 is 11.3 Å². The minimum absolute atomic E-state index is 0.0167. The summed E-state index contributed by atoms with van der Waals surface area (Å²) in [6.45, 7) is 2.98. The highest BCUT2D eigenvalue weighted by Gasteiger charge is 2.23. The zero-order chi connectivity index (χ0) is 16.5. The Morgan fingerprint density at radius 3 is 2.64 bits per heavy atom. The first-order valence-electron chi connectivity index (χ1n) is 6.06. The first-order chi connectivity index (χ1) is 10.2. The summed E-state index contributed by atoms with van der Waals surface area (Å²) in [4.78, 5) is 14.2. The third-order valence-corrected chi connectivity index (χ3v) is 5.20. The molecule has 1 aromatic carbocycles. The second-order valence-electron chi connectivity index (χ2n) is 4.48. The highest BCUT2D eigenvalue weighted by molar-refractivity contribution is 7.89. The first-order valence-corrected chi connectivity index (χ1v) is 8.36. The van der Waals surface area contributed by atoms with E-state index < -0.39 is 31.3 Å². The van der Waals surface area contributed by atoms with Crippen LogP contribution in [0, 0.1) is 29.8 Å². The normalized spacial score (nSPS) is 11.6. The third kappa shape index (κ3) is 3.46. The zero-order valence-electron chi connectivity index (χ0n) is 11.7. The van der Waals surface area contributed by atoms with E-state index in [1.807, 2.05) is 0 Å². The van der Waals surface area contributed by atoms with E-state index in [1.165, 1.54) is 24.5 Å². The monoisotopic (exact) mass is 345 g/mol. The van der Waals surface area contributed by atoms with Crippen LogP contribution in [0.25, 0.3) is 0 Å². The Morgan fingerprint density at radius 1 is 1.41 bits per heavy atom. The average Bonchev–Trinajstić information content (AvgIpc) is 2.85. The molecule has 0 atom stereocenters. The molecule has 0 amide bonds. The number of nitro benzene ring substituents is 1. The van der Waals surface area contributed by atoms with Crippen molar-refractivity contribution in [3.05, 3.63) is 49.7 Å². The van der Waals surface area contributed by atoms with Gasteiger partial charge in [-0.2, -0.15) is 0 Å². The maximum Gasteiger partial charge on any atom is 0.276 e. The van der Waals surface area contributed by atoms with Crippen molar-refractivity contribution in [2.45, 2.75) is 25.3 Å². The van der Waals surface area contributed by atoms with Crippen LogP contribution in [0.5, 0.6) is 0 Å². The molecule has 0 saturated carbocycles. The summed E-state index contributed by atoms with van der Waals surface area (Å²) in [5.74, 6) is -0.941. The Kier molecular flexibility index (Phi) is 4.54. The lowest BCUT2D eigenvalue weighted by Crippen LogP contribution is -2.23. The van der Waals surface area contributed by atoms with Crippen molar-refractivity contribution >= 4 is 27.0 Å². The minimum atomic E-state index is -4.06. The SMILES string of the molecule is Cc1ncc(CNS(=O)(=O)c2cc(F)c(C)c([N+](=O)[O-])c2)s1. The Morgan fingerprint density at radius 2 is 2.09 bits per heavy atom. The largest absolute Gasteiger partial charge is 0.276 e. The van der Waals surface area contributed by atoms with E-state index in [1.54, 1.807) is 6.92 Å². The molecule has 0 aliphatic carbocycles. The molecular weight excluding hydrogens is 333 g/mol. The Hall–Kier alpha value is -1.91. The molecule has 118 valence electrons. The molecule has 0 aliphatic heterocycles. The predicted molar refractivity (Wildman–Crippen MR) is 78.7 cm³/mol. The Bertz CT molecular complexity index is 833. The summed E-state index contributed by atoms with van der Waals surface area (Å²) in [6.07, 6.45) is 1.53. The molecule has 7 nitrogen and oxygen atoms in total. The molecular formula is C12H12FN3O4S2. The van der Waals surface area contributed by atoms with Gasteiger partial charge in [-0.1, -0.05) is 0 Å². The van der Waals surface area contributed by atoms with Gasteiger partial charge in [0, 0.05) is 23.7 Å². The zero-order valence-corrected chi connectivity index (χ0v) is 13.3. The quantitative estimate of drug-likeness (QED) is 0.661. The van der Waals surface area contributed by atoms with E-state index in [4.69, 9.17) is 0 Å². The fourth-order valence-electron chi connectivity index (χ4n) is 1.72. The van der Waals surface area contributed by atoms with Gasteiger partial charge < -0.3 is 0 Å². The molecule has 0 fully saturated rings. The summed E-state index contributed by atoms with van der Waals surface area (Å²) in [7, 11) is -4.06. The molecule has 0 spiro atoms. The standard InChI is InChI=1S/C12H12FN3O4S2/c1-7-11(13)3-10(4-12(7)16(17)18)22(19,20)15-6-9-5-14-8(2)21-9/h3-5,15H,6H2,1-2H3. The lowest BCUT2D eigenvalue weighted by molar-refractivity contribution is -0.385. The molecule has 10 heteroatoms. The number of sulfonamides is 1. The molecule has 2 rings (SSSR count). The summed E-state index contributed by atoms with van der Waals surface area (Å²) < 4.78 is 40.2. The summed E-state index contributed by atoms with van der Waals surface area (Å²) in [6, 6.07) is 1.61. The number of nitrogens with one attached hydrogen (secondary N) is 1. The molecule has 0 aliphatic rings. The van der Waals surface area contributed by atoms with Crippen molar-refractivity contribution in [2.24, 2.45) is 0 Å². The van der Waals surface area contributed by atoms with Gasteiger partial charge in [-0.15, -0.1) is 11.3 Å². The van der Waals surface area contributed by atoms with Crippen molar-refractivity contribution in [3.63, 3.8) is 0 Å². The molecule has 0 saturated heterocycles. The molecule has 2 aromatic rings. The number of benzene rings is 1. The number of thiazole rings is 1. The highest BCUT2D eigenvalue weighted by atomic mass is 32.2. The summed E-state index contributed by atoms with van der Waals surface area (Å²) in [5.41, 5.74) is -0.781. The molecule has 22 heavy (non-hydrogen) atoms. The predicted octanol–water partition coefficient (Wildman–Crippen LogP) is 2.29. The molecule has 1 heterocycles. The van der Waals surface area contributed by atoms with Gasteiger partial charge in [0.15, 0.2) is 0 Å². The summed E-state index contributed by atoms with van der Waals surface area (Å²) in [5, 5.41) is 11.6. The van der Waals surface area contributed by atoms with Crippen LogP contribution in [0.15, 0.2) is 23.2 Å². The van der Waals surface area contributed by atoms with Gasteiger partial charge in [0.2, 0.25) is 10.0 Å². The minimum Gasteiger partial charge on any atom is -0.258 e. The van der Waals surface area contributed by atoms with Gasteiger partial charge in [0.05, 0.1) is 20.4 Å². The fraction of sp³-hybridized carbons (Fsp3) is 0.250. The van der Waals surface area contributed by atoms with Gasteiger partial charge in [-0.25, -0.2) is 22.5 Å². The number of hydrogen-bond donors (Lipinski definition) is 1. The maximum absolute atomic E-state index is 13.7. The van der Waals surface area contributed by atoms with E-state index in [0.29, 0.717) is 4.88 Å². The van der Waals surface area contributed by atoms with Gasteiger partial charge in [-0.05, 0) is 19.9 Å². The number of nitro groups is 1. The van der Waals surface area contributed by atoms with Crippen LogP contribution in [0.2, 0.25) is 0 Å². The molecule has 0 unspecified atom stereocenters. The van der Waals surface area contributed by atoms with Gasteiger partial charge in [0.25, 0.3) is 5.69 Å². The van der Waals surface area contributed by atoms with E-state index in [-0.39, 0.29) is 12.1 Å². The number of aromatic nitrogens is 1. The lowest BCUT2D eigenvalue weighted by Gasteiger charge is -2.07. The van der Waals surface area contributed by atoms with Gasteiger partial charge in [0.1, 0.15) is 5.82 Å². The number of halogens is 1. The van der Waals surface area contributed by atoms with Crippen molar-refractivity contribution in [1.29, 1.82) is 0 Å². The van der Waals surface area contributed by atoms with Crippen molar-refractivity contribution in [3.8, 4) is 0 Å². The average molecular weight is 345 g/mol. The third-order valence-electron chi connectivity index (χ3n) is 2.90. The highest BCUT2D eigenvalue weighted by Crippen LogP contribution is 2.25. The van der Waals surface area contributed by atoms with Crippen LogP contribution in [0.1, 0.15) is 15.4 Å². The van der Waals surface area contributed by atoms with Crippen LogP contribution in [-0.4, -0.2) is 18.3 Å². The van der Waals surface area contributed by atoms with E-state index >= 15 is 0 Å². The van der Waals surface area contributed by atoms with Crippen LogP contribution in [0.3, 0.4) is 0 Å². The number of nitrogens with zero attached hydrogens (tertiary/aromatic N) is 2. The Balaban J connectivity index is 2.31.